The van der Waals surface area contributed by atoms with E-state index in [1.807, 2.05) is 18.3 Å². The molecule has 2 nitrogen and oxygen atoms in total. The summed E-state index contributed by atoms with van der Waals surface area (Å²) in [5, 5.41) is 6.65. The number of rotatable bonds is 5. The molecule has 104 valence electrons. The lowest BCUT2D eigenvalue weighted by atomic mass is 10.2. The van der Waals surface area contributed by atoms with Gasteiger partial charge in [-0.15, -0.1) is 11.3 Å². The van der Waals surface area contributed by atoms with Crippen LogP contribution >= 0.6 is 11.3 Å². The van der Waals surface area contributed by atoms with Crippen molar-refractivity contribution in [2.75, 3.05) is 6.54 Å². The number of hydrogen-bond donors (Lipinski definition) is 1. The zero-order valence-corrected chi connectivity index (χ0v) is 12.2. The first-order chi connectivity index (χ1) is 9.74. The molecule has 20 heavy (non-hydrogen) atoms. The standard InChI is InChI=1S/C16H17FN2S/c1-12-5-9-20-16(12)11-18-6-8-19-7-4-13-2-3-14(17)10-15(13)19/h2-5,7,9-10,18H,6,8,11H2,1H3. The number of fused-ring (bicyclic) bond motifs is 1. The Balaban J connectivity index is 1.60. The highest BCUT2D eigenvalue weighted by Crippen LogP contribution is 2.17. The van der Waals surface area contributed by atoms with Crippen LogP contribution in [-0.4, -0.2) is 11.1 Å². The van der Waals surface area contributed by atoms with Crippen molar-refractivity contribution in [2.24, 2.45) is 0 Å². The van der Waals surface area contributed by atoms with E-state index in [-0.39, 0.29) is 5.82 Å². The Kier molecular flexibility index (Phi) is 3.85. The van der Waals surface area contributed by atoms with Crippen LogP contribution in [0.1, 0.15) is 10.4 Å². The van der Waals surface area contributed by atoms with Crippen LogP contribution in [-0.2, 0) is 13.1 Å². The van der Waals surface area contributed by atoms with Crippen LogP contribution in [0.2, 0.25) is 0 Å². The minimum absolute atomic E-state index is 0.181. The Morgan fingerprint density at radius 2 is 2.15 bits per heavy atom. The third kappa shape index (κ3) is 2.76. The predicted molar refractivity (Wildman–Crippen MR) is 82.7 cm³/mol. The van der Waals surface area contributed by atoms with Crippen molar-refractivity contribution in [3.8, 4) is 0 Å². The van der Waals surface area contributed by atoms with Crippen molar-refractivity contribution < 1.29 is 4.39 Å². The van der Waals surface area contributed by atoms with Gasteiger partial charge in [0.1, 0.15) is 5.82 Å². The van der Waals surface area contributed by atoms with Gasteiger partial charge in [0.15, 0.2) is 0 Å². The second-order valence-electron chi connectivity index (χ2n) is 4.92. The molecule has 2 aromatic heterocycles. The molecule has 0 spiro atoms. The van der Waals surface area contributed by atoms with Crippen molar-refractivity contribution in [1.82, 2.24) is 9.88 Å². The molecule has 0 amide bonds. The maximum absolute atomic E-state index is 13.3. The average Bonchev–Trinajstić information content (AvgIpc) is 3.01. The fourth-order valence-corrected chi connectivity index (χ4v) is 3.21. The van der Waals surface area contributed by atoms with Crippen LogP contribution in [0.5, 0.6) is 0 Å². The summed E-state index contributed by atoms with van der Waals surface area (Å²) < 4.78 is 15.4. The van der Waals surface area contributed by atoms with Gasteiger partial charge in [0.2, 0.25) is 0 Å². The second kappa shape index (κ2) is 5.77. The molecular weight excluding hydrogens is 271 g/mol. The third-order valence-electron chi connectivity index (χ3n) is 3.52. The summed E-state index contributed by atoms with van der Waals surface area (Å²) in [7, 11) is 0. The molecular formula is C16H17FN2S. The minimum atomic E-state index is -0.181. The average molecular weight is 288 g/mol. The van der Waals surface area contributed by atoms with Gasteiger partial charge < -0.3 is 9.88 Å². The molecule has 2 heterocycles. The van der Waals surface area contributed by atoms with E-state index >= 15 is 0 Å². The zero-order valence-electron chi connectivity index (χ0n) is 11.4. The lowest BCUT2D eigenvalue weighted by Gasteiger charge is -2.07. The smallest absolute Gasteiger partial charge is 0.125 e. The summed E-state index contributed by atoms with van der Waals surface area (Å²) in [5.41, 5.74) is 2.30. The van der Waals surface area contributed by atoms with Crippen LogP contribution in [0, 0.1) is 12.7 Å². The second-order valence-corrected chi connectivity index (χ2v) is 5.92. The van der Waals surface area contributed by atoms with E-state index in [2.05, 4.69) is 28.3 Å². The van der Waals surface area contributed by atoms with E-state index in [9.17, 15) is 4.39 Å². The van der Waals surface area contributed by atoms with Crippen molar-refractivity contribution in [1.29, 1.82) is 0 Å². The van der Waals surface area contributed by atoms with Gasteiger partial charge in [-0.1, -0.05) is 0 Å². The van der Waals surface area contributed by atoms with Crippen molar-refractivity contribution in [3.63, 3.8) is 0 Å². The first kappa shape index (κ1) is 13.3. The summed E-state index contributed by atoms with van der Waals surface area (Å²) in [5.74, 6) is -0.181. The fraction of sp³-hybridized carbons (Fsp3) is 0.250. The SMILES string of the molecule is Cc1ccsc1CNCCn1ccc2ccc(F)cc21. The predicted octanol–water partition coefficient (Wildman–Crippen LogP) is 3.94. The van der Waals surface area contributed by atoms with Gasteiger partial charge in [0.25, 0.3) is 0 Å². The van der Waals surface area contributed by atoms with E-state index in [1.165, 1.54) is 16.5 Å². The number of benzene rings is 1. The quantitative estimate of drug-likeness (QED) is 0.704. The van der Waals surface area contributed by atoms with Crippen LogP contribution in [0.3, 0.4) is 0 Å². The van der Waals surface area contributed by atoms with Gasteiger partial charge in [0, 0.05) is 30.7 Å². The Morgan fingerprint density at radius 3 is 2.95 bits per heavy atom. The van der Waals surface area contributed by atoms with Gasteiger partial charge in [-0.3, -0.25) is 0 Å². The van der Waals surface area contributed by atoms with Crippen LogP contribution in [0.4, 0.5) is 4.39 Å². The van der Waals surface area contributed by atoms with E-state index in [0.29, 0.717) is 0 Å². The van der Waals surface area contributed by atoms with E-state index in [0.717, 1.165) is 30.5 Å². The van der Waals surface area contributed by atoms with Gasteiger partial charge in [-0.05, 0) is 53.6 Å². The number of thiophene rings is 1. The highest BCUT2D eigenvalue weighted by Gasteiger charge is 2.03. The lowest BCUT2D eigenvalue weighted by molar-refractivity contribution is 0.607. The molecule has 0 bridgehead atoms. The number of aryl methyl sites for hydroxylation is 1. The highest BCUT2D eigenvalue weighted by molar-refractivity contribution is 7.10. The topological polar surface area (TPSA) is 17.0 Å². The molecule has 1 N–H and O–H groups in total. The third-order valence-corrected chi connectivity index (χ3v) is 4.54. The molecule has 0 radical (unpaired) electrons. The van der Waals surface area contributed by atoms with Crippen LogP contribution in [0.15, 0.2) is 41.9 Å². The van der Waals surface area contributed by atoms with Gasteiger partial charge >= 0.3 is 0 Å². The fourth-order valence-electron chi connectivity index (χ4n) is 2.34. The number of aromatic nitrogens is 1. The number of hydrogen-bond acceptors (Lipinski definition) is 2. The Morgan fingerprint density at radius 1 is 1.25 bits per heavy atom. The number of nitrogens with one attached hydrogen (secondary N) is 1. The maximum Gasteiger partial charge on any atom is 0.125 e. The minimum Gasteiger partial charge on any atom is -0.346 e. The summed E-state index contributed by atoms with van der Waals surface area (Å²) in [4.78, 5) is 1.38. The van der Waals surface area contributed by atoms with Crippen molar-refractivity contribution in [2.45, 2.75) is 20.0 Å². The maximum atomic E-state index is 13.3. The molecule has 1 aromatic carbocycles. The van der Waals surface area contributed by atoms with E-state index in [4.69, 9.17) is 0 Å². The number of halogens is 1. The summed E-state index contributed by atoms with van der Waals surface area (Å²) >= 11 is 1.78. The Bertz CT molecular complexity index is 714. The first-order valence-electron chi connectivity index (χ1n) is 6.72. The monoisotopic (exact) mass is 288 g/mol. The van der Waals surface area contributed by atoms with Crippen LogP contribution < -0.4 is 5.32 Å². The largest absolute Gasteiger partial charge is 0.346 e. The molecule has 0 saturated heterocycles. The Labute approximate surface area is 121 Å². The Hall–Kier alpha value is -1.65. The van der Waals surface area contributed by atoms with Gasteiger partial charge in [0.05, 0.1) is 5.52 Å². The van der Waals surface area contributed by atoms with Crippen molar-refractivity contribution in [3.05, 3.63) is 58.2 Å². The molecule has 0 aliphatic carbocycles. The summed E-state index contributed by atoms with van der Waals surface area (Å²) in [6.45, 7) is 4.75. The normalized spacial score (nSPS) is 11.3. The van der Waals surface area contributed by atoms with E-state index < -0.39 is 0 Å². The highest BCUT2D eigenvalue weighted by atomic mass is 32.1. The summed E-state index contributed by atoms with van der Waals surface area (Å²) in [6.07, 6.45) is 2.02. The van der Waals surface area contributed by atoms with Gasteiger partial charge in [-0.25, -0.2) is 4.39 Å². The van der Waals surface area contributed by atoms with Crippen molar-refractivity contribution >= 4 is 22.2 Å². The molecule has 0 atom stereocenters. The summed E-state index contributed by atoms with van der Waals surface area (Å²) in [6, 6.07) is 9.09. The molecule has 0 fully saturated rings. The molecule has 0 aliphatic heterocycles. The molecule has 0 aliphatic rings. The number of nitrogens with zero attached hydrogens (tertiary/aromatic N) is 1. The molecule has 3 aromatic rings. The van der Waals surface area contributed by atoms with E-state index in [1.54, 1.807) is 17.4 Å². The first-order valence-corrected chi connectivity index (χ1v) is 7.60. The molecule has 3 rings (SSSR count). The van der Waals surface area contributed by atoms with Gasteiger partial charge in [-0.2, -0.15) is 0 Å². The molecule has 0 unspecified atom stereocenters. The zero-order chi connectivity index (χ0) is 13.9. The molecule has 0 saturated carbocycles. The molecule has 4 heteroatoms. The van der Waals surface area contributed by atoms with Crippen LogP contribution in [0.25, 0.3) is 10.9 Å². The lowest BCUT2D eigenvalue weighted by Crippen LogP contribution is -2.19.